The highest BCUT2D eigenvalue weighted by Crippen LogP contribution is 2.23. The summed E-state index contributed by atoms with van der Waals surface area (Å²) in [6, 6.07) is 0. The highest BCUT2D eigenvalue weighted by Gasteiger charge is 2.22. The first kappa shape index (κ1) is 12.6. The summed E-state index contributed by atoms with van der Waals surface area (Å²) in [5.41, 5.74) is -0.197. The Kier molecular flexibility index (Phi) is 3.58. The molecule has 0 aliphatic rings. The predicted molar refractivity (Wildman–Crippen MR) is 61.5 cm³/mol. The maximum atomic E-state index is 10.3. The Morgan fingerprint density at radius 1 is 1.50 bits per heavy atom. The van der Waals surface area contributed by atoms with Crippen molar-refractivity contribution in [1.82, 2.24) is 14.9 Å². The highest BCUT2D eigenvalue weighted by atomic mass is 32.2. The summed E-state index contributed by atoms with van der Waals surface area (Å²) in [6.45, 7) is 5.92. The van der Waals surface area contributed by atoms with Crippen molar-refractivity contribution in [2.45, 2.75) is 31.3 Å². The van der Waals surface area contributed by atoms with E-state index in [2.05, 4.69) is 10.2 Å². The number of thioether (sulfide) groups is 1. The van der Waals surface area contributed by atoms with Crippen LogP contribution in [0.4, 0.5) is 0 Å². The third-order valence-electron chi connectivity index (χ3n) is 1.72. The minimum atomic E-state index is -1.01. The van der Waals surface area contributed by atoms with E-state index >= 15 is 0 Å². The molecule has 0 aliphatic carbocycles. The van der Waals surface area contributed by atoms with Gasteiger partial charge in [0.2, 0.25) is 5.16 Å². The zero-order chi connectivity index (χ0) is 12.3. The molecule has 0 aliphatic heterocycles. The van der Waals surface area contributed by atoms with Crippen LogP contribution in [0.25, 0.3) is 0 Å². The van der Waals surface area contributed by atoms with Crippen molar-refractivity contribution in [3.63, 3.8) is 0 Å². The molecule has 7 heteroatoms. The fraction of sp³-hybridized carbons (Fsp3) is 0.444. The zero-order valence-electron chi connectivity index (χ0n) is 9.34. The fourth-order valence-electron chi connectivity index (χ4n) is 1.02. The normalized spacial score (nSPS) is 12.2. The summed E-state index contributed by atoms with van der Waals surface area (Å²) >= 11 is 1.12. The van der Waals surface area contributed by atoms with Crippen molar-refractivity contribution in [1.29, 1.82) is 0 Å². The number of aromatic nitrogens is 3. The van der Waals surface area contributed by atoms with Crippen molar-refractivity contribution < 1.29 is 9.90 Å². The first-order valence-electron chi connectivity index (χ1n) is 4.59. The average Bonchev–Trinajstić information content (AvgIpc) is 2.46. The van der Waals surface area contributed by atoms with Gasteiger partial charge in [-0.25, -0.2) is 9.47 Å². The second kappa shape index (κ2) is 4.56. The maximum absolute atomic E-state index is 10.3. The molecule has 0 radical (unpaired) electrons. The maximum Gasteiger partial charge on any atom is 0.328 e. The zero-order valence-corrected chi connectivity index (χ0v) is 10.2. The van der Waals surface area contributed by atoms with Crippen LogP contribution in [0.1, 0.15) is 26.6 Å². The molecule has 0 fully saturated rings. The van der Waals surface area contributed by atoms with E-state index in [4.69, 9.17) is 10.9 Å². The van der Waals surface area contributed by atoms with Gasteiger partial charge in [0.15, 0.2) is 5.82 Å². The summed E-state index contributed by atoms with van der Waals surface area (Å²) in [5, 5.41) is 18.1. The Balaban J connectivity index is 2.85. The Bertz CT molecular complexity index is 420. The molecule has 0 aromatic carbocycles. The molecule has 0 saturated carbocycles. The minimum absolute atomic E-state index is 0.197. The van der Waals surface area contributed by atoms with Gasteiger partial charge < -0.3 is 10.9 Å². The third-order valence-corrected chi connectivity index (χ3v) is 2.48. The van der Waals surface area contributed by atoms with Crippen LogP contribution >= 0.6 is 11.8 Å². The number of carboxylic acid groups (broad SMARTS) is 1. The van der Waals surface area contributed by atoms with Crippen LogP contribution < -0.4 is 5.84 Å². The number of nitrogens with zero attached hydrogens (tertiary/aromatic N) is 3. The van der Waals surface area contributed by atoms with Crippen LogP contribution in [0.3, 0.4) is 0 Å². The number of nitrogen functional groups attached to an aromatic ring is 1. The summed E-state index contributed by atoms with van der Waals surface area (Å²) in [6.07, 6.45) is 1.02. The van der Waals surface area contributed by atoms with Crippen LogP contribution in [0.15, 0.2) is 16.6 Å². The van der Waals surface area contributed by atoms with Gasteiger partial charge in [0.1, 0.15) is 0 Å². The van der Waals surface area contributed by atoms with Crippen molar-refractivity contribution in [2.75, 3.05) is 5.84 Å². The van der Waals surface area contributed by atoms with Gasteiger partial charge in [0, 0.05) is 11.5 Å². The van der Waals surface area contributed by atoms with E-state index in [1.165, 1.54) is 10.1 Å². The monoisotopic (exact) mass is 242 g/mol. The van der Waals surface area contributed by atoms with E-state index in [9.17, 15) is 4.79 Å². The van der Waals surface area contributed by atoms with Crippen LogP contribution in [0.2, 0.25) is 0 Å². The number of hydrogen-bond donors (Lipinski definition) is 2. The summed E-state index contributed by atoms with van der Waals surface area (Å²) in [5.74, 6) is 5.44. The van der Waals surface area contributed by atoms with Gasteiger partial charge in [-0.05, 0) is 5.41 Å². The van der Waals surface area contributed by atoms with Crippen molar-refractivity contribution in [3.8, 4) is 0 Å². The topological polar surface area (TPSA) is 94.0 Å². The lowest BCUT2D eigenvalue weighted by atomic mass is 9.96. The molecule has 3 N–H and O–H groups in total. The van der Waals surface area contributed by atoms with E-state index in [1.54, 1.807) is 0 Å². The molecule has 0 saturated heterocycles. The molecule has 16 heavy (non-hydrogen) atoms. The quantitative estimate of drug-likeness (QED) is 0.466. The second-order valence-corrected chi connectivity index (χ2v) is 5.06. The largest absolute Gasteiger partial charge is 0.478 e. The Labute approximate surface area is 97.5 Å². The van der Waals surface area contributed by atoms with Gasteiger partial charge in [0.05, 0.1) is 0 Å². The van der Waals surface area contributed by atoms with Gasteiger partial charge in [-0.2, -0.15) is 0 Å². The Morgan fingerprint density at radius 2 is 2.12 bits per heavy atom. The molecule has 1 aromatic rings. The highest BCUT2D eigenvalue weighted by molar-refractivity contribution is 8.02. The standard InChI is InChI=1S/C9H14N4O2S/c1-9(2,3)7-11-12-8(13(7)10)16-5-4-6(14)15/h4-5H,10H2,1-3H3,(H,14,15)/b5-4-. The SMILES string of the molecule is CC(C)(C)c1nnc(S/C=C\C(=O)O)n1N. The van der Waals surface area contributed by atoms with Crippen LogP contribution in [0, 0.1) is 0 Å². The molecule has 0 unspecified atom stereocenters. The third kappa shape index (κ3) is 2.99. The molecule has 0 atom stereocenters. The van der Waals surface area contributed by atoms with E-state index in [0.717, 1.165) is 17.8 Å². The lowest BCUT2D eigenvalue weighted by molar-refractivity contribution is -0.131. The number of rotatable bonds is 3. The molecule has 0 spiro atoms. The molecule has 0 bridgehead atoms. The van der Waals surface area contributed by atoms with Gasteiger partial charge in [-0.1, -0.05) is 32.5 Å². The van der Waals surface area contributed by atoms with Crippen LogP contribution in [-0.2, 0) is 10.2 Å². The molecular weight excluding hydrogens is 228 g/mol. The van der Waals surface area contributed by atoms with Gasteiger partial charge in [-0.3, -0.25) is 0 Å². The summed E-state index contributed by atoms with van der Waals surface area (Å²) in [7, 11) is 0. The lowest BCUT2D eigenvalue weighted by Gasteiger charge is -2.16. The molecule has 88 valence electrons. The van der Waals surface area contributed by atoms with E-state index in [0.29, 0.717) is 11.0 Å². The Hall–Kier alpha value is -1.50. The number of carbonyl (C=O) groups is 1. The second-order valence-electron chi connectivity index (χ2n) is 4.19. The molecule has 1 aromatic heterocycles. The molecular formula is C9H14N4O2S. The van der Waals surface area contributed by atoms with Crippen molar-refractivity contribution in [2.24, 2.45) is 0 Å². The van der Waals surface area contributed by atoms with Gasteiger partial charge >= 0.3 is 5.97 Å². The summed E-state index contributed by atoms with van der Waals surface area (Å²) in [4.78, 5) is 10.3. The van der Waals surface area contributed by atoms with Gasteiger partial charge in [-0.15, -0.1) is 10.2 Å². The molecule has 0 amide bonds. The minimum Gasteiger partial charge on any atom is -0.478 e. The average molecular weight is 242 g/mol. The van der Waals surface area contributed by atoms with Crippen LogP contribution in [-0.4, -0.2) is 25.9 Å². The number of aliphatic carboxylic acids is 1. The molecule has 6 nitrogen and oxygen atoms in total. The Morgan fingerprint density at radius 3 is 2.56 bits per heavy atom. The number of carboxylic acids is 1. The van der Waals surface area contributed by atoms with E-state index in [1.807, 2.05) is 20.8 Å². The smallest absolute Gasteiger partial charge is 0.328 e. The van der Waals surface area contributed by atoms with E-state index < -0.39 is 5.97 Å². The number of nitrogens with two attached hydrogens (primary N) is 1. The molecule has 1 heterocycles. The fourth-order valence-corrected chi connectivity index (χ4v) is 1.62. The van der Waals surface area contributed by atoms with Crippen molar-refractivity contribution in [3.05, 3.63) is 17.3 Å². The first-order valence-corrected chi connectivity index (χ1v) is 5.47. The molecule has 1 rings (SSSR count). The van der Waals surface area contributed by atoms with Crippen LogP contribution in [0.5, 0.6) is 0 Å². The van der Waals surface area contributed by atoms with E-state index in [-0.39, 0.29) is 5.41 Å². The number of hydrogen-bond acceptors (Lipinski definition) is 5. The summed E-state index contributed by atoms with van der Waals surface area (Å²) < 4.78 is 1.37. The van der Waals surface area contributed by atoms with Crippen molar-refractivity contribution >= 4 is 17.7 Å². The lowest BCUT2D eigenvalue weighted by Crippen LogP contribution is -2.23. The first-order chi connectivity index (χ1) is 7.32. The van der Waals surface area contributed by atoms with Gasteiger partial charge in [0.25, 0.3) is 0 Å². The predicted octanol–water partition coefficient (Wildman–Crippen LogP) is 0.980.